The van der Waals surface area contributed by atoms with Crippen molar-refractivity contribution >= 4 is 18.3 Å². The Morgan fingerprint density at radius 2 is 1.70 bits per heavy atom. The summed E-state index contributed by atoms with van der Waals surface area (Å²) in [5.41, 5.74) is 5.12. The van der Waals surface area contributed by atoms with Gasteiger partial charge < -0.3 is 20.5 Å². The SMILES string of the molecule is CCOc1ccc(OCC(=O)NC(C)(C)CN)cc1.Cl. The Labute approximate surface area is 126 Å². The van der Waals surface area contributed by atoms with Crippen LogP contribution >= 0.6 is 12.4 Å². The largest absolute Gasteiger partial charge is 0.494 e. The summed E-state index contributed by atoms with van der Waals surface area (Å²) in [6.45, 7) is 6.62. The molecule has 0 spiro atoms. The summed E-state index contributed by atoms with van der Waals surface area (Å²) >= 11 is 0. The number of halogens is 1. The van der Waals surface area contributed by atoms with E-state index >= 15 is 0 Å². The molecule has 0 unspecified atom stereocenters. The first-order valence-corrected chi connectivity index (χ1v) is 6.33. The maximum absolute atomic E-state index is 11.6. The third kappa shape index (κ3) is 6.63. The molecule has 0 saturated carbocycles. The van der Waals surface area contributed by atoms with E-state index in [0.717, 1.165) is 5.75 Å². The third-order valence-corrected chi connectivity index (χ3v) is 2.49. The molecule has 1 rings (SSSR count). The van der Waals surface area contributed by atoms with Gasteiger partial charge in [-0.05, 0) is 45.0 Å². The fraction of sp³-hybridized carbons (Fsp3) is 0.500. The molecule has 0 saturated heterocycles. The van der Waals surface area contributed by atoms with Crippen LogP contribution in [0.15, 0.2) is 24.3 Å². The molecular formula is C14H23ClN2O3. The molecule has 0 aliphatic carbocycles. The molecule has 0 fully saturated rings. The number of nitrogens with two attached hydrogens (primary N) is 1. The number of carbonyl (C=O) groups excluding carboxylic acids is 1. The van der Waals surface area contributed by atoms with E-state index in [2.05, 4.69) is 5.32 Å². The van der Waals surface area contributed by atoms with Crippen LogP contribution in [0.2, 0.25) is 0 Å². The average molecular weight is 303 g/mol. The highest BCUT2D eigenvalue weighted by molar-refractivity contribution is 5.85. The van der Waals surface area contributed by atoms with E-state index in [-0.39, 0.29) is 24.9 Å². The van der Waals surface area contributed by atoms with E-state index < -0.39 is 5.54 Å². The van der Waals surface area contributed by atoms with Gasteiger partial charge in [-0.15, -0.1) is 12.4 Å². The van der Waals surface area contributed by atoms with Gasteiger partial charge in [-0.2, -0.15) is 0 Å². The topological polar surface area (TPSA) is 73.6 Å². The molecule has 114 valence electrons. The van der Waals surface area contributed by atoms with E-state index in [0.29, 0.717) is 18.9 Å². The third-order valence-electron chi connectivity index (χ3n) is 2.49. The first-order valence-electron chi connectivity index (χ1n) is 6.33. The smallest absolute Gasteiger partial charge is 0.258 e. The van der Waals surface area contributed by atoms with Crippen molar-refractivity contribution in [2.75, 3.05) is 19.8 Å². The minimum atomic E-state index is -0.417. The van der Waals surface area contributed by atoms with E-state index in [9.17, 15) is 4.79 Å². The van der Waals surface area contributed by atoms with Gasteiger partial charge in [-0.3, -0.25) is 4.79 Å². The lowest BCUT2D eigenvalue weighted by atomic mass is 10.1. The number of amides is 1. The number of carbonyl (C=O) groups is 1. The Morgan fingerprint density at radius 3 is 2.15 bits per heavy atom. The Bertz CT molecular complexity index is 407. The number of ether oxygens (including phenoxy) is 2. The lowest BCUT2D eigenvalue weighted by Crippen LogP contribution is -2.50. The Hall–Kier alpha value is -1.46. The Kier molecular flexibility index (Phi) is 8.03. The Balaban J connectivity index is 0.00000361. The second-order valence-electron chi connectivity index (χ2n) is 4.83. The minimum absolute atomic E-state index is 0. The van der Waals surface area contributed by atoms with Gasteiger partial charge in [-0.1, -0.05) is 0 Å². The molecule has 3 N–H and O–H groups in total. The molecule has 0 bridgehead atoms. The number of hydrogen-bond donors (Lipinski definition) is 2. The maximum Gasteiger partial charge on any atom is 0.258 e. The van der Waals surface area contributed by atoms with Crippen molar-refractivity contribution in [1.29, 1.82) is 0 Å². The van der Waals surface area contributed by atoms with E-state index in [4.69, 9.17) is 15.2 Å². The van der Waals surface area contributed by atoms with Crippen LogP contribution in [0.5, 0.6) is 11.5 Å². The van der Waals surface area contributed by atoms with E-state index in [1.54, 1.807) is 24.3 Å². The van der Waals surface area contributed by atoms with Gasteiger partial charge in [0.2, 0.25) is 0 Å². The van der Waals surface area contributed by atoms with Crippen LogP contribution in [0.4, 0.5) is 0 Å². The standard InChI is InChI=1S/C14H22N2O3.ClH/c1-4-18-11-5-7-12(8-6-11)19-9-13(17)16-14(2,3)10-15;/h5-8H,4,9-10,15H2,1-3H3,(H,16,17);1H. The summed E-state index contributed by atoms with van der Waals surface area (Å²) in [6.07, 6.45) is 0. The minimum Gasteiger partial charge on any atom is -0.494 e. The van der Waals surface area contributed by atoms with Crippen molar-refractivity contribution < 1.29 is 14.3 Å². The van der Waals surface area contributed by atoms with Crippen molar-refractivity contribution in [3.63, 3.8) is 0 Å². The maximum atomic E-state index is 11.6. The molecule has 0 atom stereocenters. The van der Waals surface area contributed by atoms with Gasteiger partial charge in [-0.25, -0.2) is 0 Å². The summed E-state index contributed by atoms with van der Waals surface area (Å²) in [6, 6.07) is 7.15. The number of benzene rings is 1. The van der Waals surface area contributed by atoms with E-state index in [1.807, 2.05) is 20.8 Å². The van der Waals surface area contributed by atoms with E-state index in [1.165, 1.54) is 0 Å². The molecule has 5 nitrogen and oxygen atoms in total. The van der Waals surface area contributed by atoms with Crippen LogP contribution in [0.3, 0.4) is 0 Å². The lowest BCUT2D eigenvalue weighted by Gasteiger charge is -2.24. The molecule has 20 heavy (non-hydrogen) atoms. The fourth-order valence-electron chi connectivity index (χ4n) is 1.41. The second-order valence-corrected chi connectivity index (χ2v) is 4.83. The predicted molar refractivity (Wildman–Crippen MR) is 81.6 cm³/mol. The second kappa shape index (κ2) is 8.66. The van der Waals surface area contributed by atoms with Gasteiger partial charge >= 0.3 is 0 Å². The van der Waals surface area contributed by atoms with Gasteiger partial charge in [0.05, 0.1) is 6.61 Å². The summed E-state index contributed by atoms with van der Waals surface area (Å²) in [4.78, 5) is 11.6. The van der Waals surface area contributed by atoms with Gasteiger partial charge in [0, 0.05) is 12.1 Å². The molecule has 0 radical (unpaired) electrons. The van der Waals surface area contributed by atoms with Gasteiger partial charge in [0.1, 0.15) is 11.5 Å². The van der Waals surface area contributed by atoms with Crippen LogP contribution < -0.4 is 20.5 Å². The van der Waals surface area contributed by atoms with Crippen molar-refractivity contribution in [1.82, 2.24) is 5.32 Å². The van der Waals surface area contributed by atoms with Crippen molar-refractivity contribution in [3.05, 3.63) is 24.3 Å². The molecule has 6 heteroatoms. The molecule has 0 aromatic heterocycles. The molecule has 0 aliphatic heterocycles. The summed E-state index contributed by atoms with van der Waals surface area (Å²) < 4.78 is 10.7. The van der Waals surface area contributed by atoms with Crippen LogP contribution in [-0.2, 0) is 4.79 Å². The molecular weight excluding hydrogens is 280 g/mol. The molecule has 1 aromatic rings. The monoisotopic (exact) mass is 302 g/mol. The number of hydrogen-bond acceptors (Lipinski definition) is 4. The fourth-order valence-corrected chi connectivity index (χ4v) is 1.41. The zero-order valence-corrected chi connectivity index (χ0v) is 13.0. The first-order chi connectivity index (χ1) is 8.96. The first kappa shape index (κ1) is 18.5. The Morgan fingerprint density at radius 1 is 1.20 bits per heavy atom. The summed E-state index contributed by atoms with van der Waals surface area (Å²) in [5.74, 6) is 1.22. The highest BCUT2D eigenvalue weighted by Gasteiger charge is 2.18. The lowest BCUT2D eigenvalue weighted by molar-refractivity contribution is -0.124. The quantitative estimate of drug-likeness (QED) is 0.804. The summed E-state index contributed by atoms with van der Waals surface area (Å²) in [5, 5.41) is 2.79. The molecule has 0 heterocycles. The zero-order chi connectivity index (χ0) is 14.3. The normalized spacial score (nSPS) is 10.4. The molecule has 1 aromatic carbocycles. The van der Waals surface area contributed by atoms with Gasteiger partial charge in [0.25, 0.3) is 5.91 Å². The molecule has 1 amide bonds. The van der Waals surface area contributed by atoms with Crippen LogP contribution in [-0.4, -0.2) is 31.2 Å². The van der Waals surface area contributed by atoms with Gasteiger partial charge in [0.15, 0.2) is 6.61 Å². The van der Waals surface area contributed by atoms with Crippen molar-refractivity contribution in [2.24, 2.45) is 5.73 Å². The zero-order valence-electron chi connectivity index (χ0n) is 12.1. The predicted octanol–water partition coefficient (Wildman–Crippen LogP) is 1.74. The van der Waals surface area contributed by atoms with Crippen LogP contribution in [0.25, 0.3) is 0 Å². The average Bonchev–Trinajstić information content (AvgIpc) is 2.38. The number of rotatable bonds is 7. The summed E-state index contributed by atoms with van der Waals surface area (Å²) in [7, 11) is 0. The number of nitrogens with one attached hydrogen (secondary N) is 1. The van der Waals surface area contributed by atoms with Crippen molar-refractivity contribution in [3.8, 4) is 11.5 Å². The highest BCUT2D eigenvalue weighted by Crippen LogP contribution is 2.17. The molecule has 0 aliphatic rings. The highest BCUT2D eigenvalue weighted by atomic mass is 35.5. The van der Waals surface area contributed by atoms with Crippen molar-refractivity contribution in [2.45, 2.75) is 26.3 Å². The van der Waals surface area contributed by atoms with Crippen LogP contribution in [0.1, 0.15) is 20.8 Å². The van der Waals surface area contributed by atoms with Crippen LogP contribution in [0, 0.1) is 0 Å².